The van der Waals surface area contributed by atoms with Gasteiger partial charge in [0, 0.05) is 16.5 Å². The number of carbonyl (C=O) groups is 2. The van der Waals surface area contributed by atoms with Crippen LogP contribution in [0.1, 0.15) is 31.8 Å². The Kier molecular flexibility index (Phi) is 8.35. The van der Waals surface area contributed by atoms with Gasteiger partial charge >= 0.3 is 0 Å². The molecule has 3 N–H and O–H groups in total. The van der Waals surface area contributed by atoms with E-state index in [1.165, 1.54) is 0 Å². The van der Waals surface area contributed by atoms with Crippen molar-refractivity contribution in [2.24, 2.45) is 0 Å². The minimum absolute atomic E-state index is 0.0337. The molecule has 3 aromatic rings. The first-order valence-corrected chi connectivity index (χ1v) is 11.1. The molecule has 0 aromatic heterocycles. The molecule has 6 nitrogen and oxygen atoms in total. The van der Waals surface area contributed by atoms with Crippen LogP contribution in [0.2, 0.25) is 0 Å². The summed E-state index contributed by atoms with van der Waals surface area (Å²) in [4.78, 5) is 24.9. The van der Waals surface area contributed by atoms with E-state index < -0.39 is 5.91 Å². The Hall–Kier alpha value is -3.23. The van der Waals surface area contributed by atoms with Gasteiger partial charge in [-0.25, -0.2) is 0 Å². The first-order chi connectivity index (χ1) is 15.4. The van der Waals surface area contributed by atoms with Gasteiger partial charge in [0.25, 0.3) is 11.8 Å². The van der Waals surface area contributed by atoms with Gasteiger partial charge < -0.3 is 4.74 Å². The number of ether oxygens (including phenoxy) is 1. The SMILES string of the molecule is Cc1ccc(C(=O)NNC(=S)NC(=O)c2ccccc2OCCc2ccccc2)cc1Br. The Morgan fingerprint density at radius 2 is 1.66 bits per heavy atom. The molecule has 0 saturated carbocycles. The number of thiocarbonyl (C=S) groups is 1. The number of para-hydroxylation sites is 1. The van der Waals surface area contributed by atoms with Crippen LogP contribution in [-0.4, -0.2) is 23.5 Å². The fourth-order valence-electron chi connectivity index (χ4n) is 2.83. The number of halogens is 1. The molecule has 164 valence electrons. The van der Waals surface area contributed by atoms with Gasteiger partial charge in [-0.05, 0) is 54.5 Å². The first kappa shape index (κ1) is 23.4. The van der Waals surface area contributed by atoms with E-state index in [1.54, 1.807) is 36.4 Å². The molecule has 0 spiro atoms. The molecule has 3 rings (SSSR count). The lowest BCUT2D eigenvalue weighted by Gasteiger charge is -2.14. The lowest BCUT2D eigenvalue weighted by molar-refractivity contribution is 0.0933. The van der Waals surface area contributed by atoms with Crippen molar-refractivity contribution in [1.82, 2.24) is 16.2 Å². The first-order valence-electron chi connectivity index (χ1n) is 9.87. The maximum absolute atomic E-state index is 12.7. The Bertz CT molecular complexity index is 1120. The van der Waals surface area contributed by atoms with E-state index in [2.05, 4.69) is 32.1 Å². The summed E-state index contributed by atoms with van der Waals surface area (Å²) < 4.78 is 6.65. The fourth-order valence-corrected chi connectivity index (χ4v) is 3.35. The predicted molar refractivity (Wildman–Crippen MR) is 132 cm³/mol. The molecule has 0 aliphatic rings. The van der Waals surface area contributed by atoms with Crippen molar-refractivity contribution in [1.29, 1.82) is 0 Å². The normalized spacial score (nSPS) is 10.2. The molecular formula is C24H22BrN3O3S. The molecule has 32 heavy (non-hydrogen) atoms. The quantitative estimate of drug-likeness (QED) is 0.339. The molecule has 8 heteroatoms. The van der Waals surface area contributed by atoms with Crippen molar-refractivity contribution in [2.45, 2.75) is 13.3 Å². The number of rotatable bonds is 6. The van der Waals surface area contributed by atoms with Gasteiger partial charge in [0.2, 0.25) is 0 Å². The highest BCUT2D eigenvalue weighted by Gasteiger charge is 2.14. The molecule has 0 saturated heterocycles. The van der Waals surface area contributed by atoms with Gasteiger partial charge in [-0.2, -0.15) is 0 Å². The maximum atomic E-state index is 12.7. The van der Waals surface area contributed by atoms with Crippen molar-refractivity contribution in [3.8, 4) is 5.75 Å². The third-order valence-corrected chi connectivity index (χ3v) is 5.63. The molecule has 0 atom stereocenters. The van der Waals surface area contributed by atoms with Gasteiger partial charge in [-0.15, -0.1) is 0 Å². The monoisotopic (exact) mass is 511 g/mol. The Morgan fingerprint density at radius 3 is 2.41 bits per heavy atom. The standard InChI is InChI=1S/C24H22BrN3O3S/c1-16-11-12-18(15-20(16)25)22(29)27-28-24(32)26-23(30)19-9-5-6-10-21(19)31-14-13-17-7-3-2-4-8-17/h2-12,15H,13-14H2,1H3,(H,27,29)(H2,26,28,30,32). The number of hydrogen-bond acceptors (Lipinski definition) is 4. The van der Waals surface area contributed by atoms with E-state index in [1.807, 2.05) is 43.3 Å². The van der Waals surface area contributed by atoms with Crippen LogP contribution in [0.4, 0.5) is 0 Å². The van der Waals surface area contributed by atoms with Gasteiger partial charge in [0.05, 0.1) is 12.2 Å². The highest BCUT2D eigenvalue weighted by atomic mass is 79.9. The minimum Gasteiger partial charge on any atom is -0.492 e. The summed E-state index contributed by atoms with van der Waals surface area (Å²) in [5.74, 6) is -0.366. The van der Waals surface area contributed by atoms with Crippen molar-refractivity contribution in [3.63, 3.8) is 0 Å². The van der Waals surface area contributed by atoms with Crippen LogP contribution in [0.5, 0.6) is 5.75 Å². The number of hydrazine groups is 1. The number of amides is 2. The Morgan fingerprint density at radius 1 is 0.938 bits per heavy atom. The average molecular weight is 512 g/mol. The number of benzene rings is 3. The summed E-state index contributed by atoms with van der Waals surface area (Å²) in [6.07, 6.45) is 0.720. The minimum atomic E-state index is -0.440. The van der Waals surface area contributed by atoms with Crippen LogP contribution in [0.25, 0.3) is 0 Å². The van der Waals surface area contributed by atoms with E-state index in [-0.39, 0.29) is 11.0 Å². The fraction of sp³-hybridized carbons (Fsp3) is 0.125. The smallest absolute Gasteiger partial charge is 0.269 e. The number of nitrogens with one attached hydrogen (secondary N) is 3. The molecular weight excluding hydrogens is 490 g/mol. The van der Waals surface area contributed by atoms with Gasteiger partial charge in [0.15, 0.2) is 5.11 Å². The zero-order chi connectivity index (χ0) is 22.9. The Labute approximate surface area is 200 Å². The topological polar surface area (TPSA) is 79.5 Å². The van der Waals surface area contributed by atoms with E-state index in [0.29, 0.717) is 23.5 Å². The molecule has 0 aliphatic carbocycles. The predicted octanol–water partition coefficient (Wildman–Crippen LogP) is 4.33. The van der Waals surface area contributed by atoms with Gasteiger partial charge in [-0.3, -0.25) is 25.8 Å². The summed E-state index contributed by atoms with van der Waals surface area (Å²) in [6, 6.07) is 22.1. The van der Waals surface area contributed by atoms with Crippen LogP contribution in [0.15, 0.2) is 77.3 Å². The molecule has 0 bridgehead atoms. The second kappa shape index (κ2) is 11.4. The summed E-state index contributed by atoms with van der Waals surface area (Å²) in [6.45, 7) is 2.36. The van der Waals surface area contributed by atoms with Crippen LogP contribution in [-0.2, 0) is 6.42 Å². The van der Waals surface area contributed by atoms with Gasteiger partial charge in [-0.1, -0.05) is 64.5 Å². The molecule has 3 aromatic carbocycles. The van der Waals surface area contributed by atoms with Crippen LogP contribution in [0.3, 0.4) is 0 Å². The summed E-state index contributed by atoms with van der Waals surface area (Å²) in [7, 11) is 0. The van der Waals surface area contributed by atoms with E-state index in [4.69, 9.17) is 17.0 Å². The zero-order valence-corrected chi connectivity index (χ0v) is 19.8. The summed E-state index contributed by atoms with van der Waals surface area (Å²) >= 11 is 8.53. The van der Waals surface area contributed by atoms with Crippen LogP contribution in [0, 0.1) is 6.92 Å². The van der Waals surface area contributed by atoms with Crippen molar-refractivity contribution < 1.29 is 14.3 Å². The lowest BCUT2D eigenvalue weighted by Crippen LogP contribution is -2.48. The average Bonchev–Trinajstić information content (AvgIpc) is 2.80. The largest absolute Gasteiger partial charge is 0.492 e. The number of aryl methyl sites for hydroxylation is 1. The molecule has 0 heterocycles. The zero-order valence-electron chi connectivity index (χ0n) is 17.4. The van der Waals surface area contributed by atoms with Crippen molar-refractivity contribution in [2.75, 3.05) is 6.61 Å². The second-order valence-corrected chi connectivity index (χ2v) is 8.17. The van der Waals surface area contributed by atoms with Gasteiger partial charge in [0.1, 0.15) is 5.75 Å². The second-order valence-electron chi connectivity index (χ2n) is 6.91. The van der Waals surface area contributed by atoms with Crippen molar-refractivity contribution in [3.05, 3.63) is 99.5 Å². The lowest BCUT2D eigenvalue weighted by atomic mass is 10.1. The summed E-state index contributed by atoms with van der Waals surface area (Å²) in [5.41, 5.74) is 7.97. The number of hydrogen-bond donors (Lipinski definition) is 3. The highest BCUT2D eigenvalue weighted by molar-refractivity contribution is 9.10. The van der Waals surface area contributed by atoms with E-state index >= 15 is 0 Å². The third kappa shape index (κ3) is 6.63. The molecule has 2 amide bonds. The van der Waals surface area contributed by atoms with E-state index in [0.717, 1.165) is 22.0 Å². The molecule has 0 radical (unpaired) electrons. The third-order valence-electron chi connectivity index (χ3n) is 4.57. The van der Waals surface area contributed by atoms with Crippen molar-refractivity contribution >= 4 is 45.1 Å². The Balaban J connectivity index is 1.53. The van der Waals surface area contributed by atoms with Crippen LogP contribution < -0.4 is 20.9 Å². The summed E-state index contributed by atoms with van der Waals surface area (Å²) in [5, 5.41) is 2.52. The molecule has 0 unspecified atom stereocenters. The van der Waals surface area contributed by atoms with E-state index in [9.17, 15) is 9.59 Å². The molecule has 0 fully saturated rings. The van der Waals surface area contributed by atoms with Crippen LogP contribution >= 0.6 is 28.1 Å². The highest BCUT2D eigenvalue weighted by Crippen LogP contribution is 2.19. The molecule has 0 aliphatic heterocycles. The number of carbonyl (C=O) groups excluding carboxylic acids is 2. The maximum Gasteiger partial charge on any atom is 0.269 e.